The molecule has 1 aliphatic heterocycles. The molecular formula is C18H20N4O2. The summed E-state index contributed by atoms with van der Waals surface area (Å²) < 4.78 is 0. The molecule has 2 amide bonds. The number of carbonyl (C=O) groups excluding carboxylic acids is 2. The maximum Gasteiger partial charge on any atom is 0.259 e. The molecule has 2 heterocycles. The molecule has 1 N–H and O–H groups in total. The van der Waals surface area contributed by atoms with Gasteiger partial charge in [0.25, 0.3) is 5.91 Å². The van der Waals surface area contributed by atoms with Crippen LogP contribution in [0.1, 0.15) is 47.7 Å². The molecule has 2 aromatic rings. The minimum Gasteiger partial charge on any atom is -0.333 e. The summed E-state index contributed by atoms with van der Waals surface area (Å²) in [6.07, 6.45) is 3.35. The van der Waals surface area contributed by atoms with Gasteiger partial charge in [0.2, 0.25) is 5.91 Å². The fourth-order valence-corrected chi connectivity index (χ4v) is 3.00. The Kier molecular flexibility index (Phi) is 4.55. The van der Waals surface area contributed by atoms with Crippen LogP contribution in [0.2, 0.25) is 0 Å². The Morgan fingerprint density at radius 3 is 2.67 bits per heavy atom. The topological polar surface area (TPSA) is 75.2 Å². The van der Waals surface area contributed by atoms with Crippen LogP contribution in [0.4, 0.5) is 5.69 Å². The van der Waals surface area contributed by atoms with Crippen LogP contribution >= 0.6 is 0 Å². The van der Waals surface area contributed by atoms with E-state index < -0.39 is 0 Å². The van der Waals surface area contributed by atoms with E-state index in [0.717, 1.165) is 25.1 Å². The van der Waals surface area contributed by atoms with Gasteiger partial charge in [-0.25, -0.2) is 9.97 Å². The summed E-state index contributed by atoms with van der Waals surface area (Å²) in [7, 11) is 0. The van der Waals surface area contributed by atoms with Gasteiger partial charge in [0.15, 0.2) is 5.82 Å². The highest BCUT2D eigenvalue weighted by molar-refractivity contribution is 6.04. The molecule has 1 saturated heterocycles. The molecule has 0 aliphatic carbocycles. The van der Waals surface area contributed by atoms with E-state index >= 15 is 0 Å². The third-order valence-electron chi connectivity index (χ3n) is 4.23. The van der Waals surface area contributed by atoms with Crippen LogP contribution in [-0.2, 0) is 4.79 Å². The van der Waals surface area contributed by atoms with Gasteiger partial charge in [-0.15, -0.1) is 0 Å². The van der Waals surface area contributed by atoms with E-state index in [1.165, 1.54) is 0 Å². The van der Waals surface area contributed by atoms with Crippen molar-refractivity contribution in [1.82, 2.24) is 14.9 Å². The summed E-state index contributed by atoms with van der Waals surface area (Å²) in [5.74, 6) is 0.404. The van der Waals surface area contributed by atoms with E-state index in [1.807, 2.05) is 30.3 Å². The molecule has 6 heteroatoms. The van der Waals surface area contributed by atoms with Crippen LogP contribution in [0.3, 0.4) is 0 Å². The molecule has 124 valence electrons. The third kappa shape index (κ3) is 3.27. The zero-order valence-electron chi connectivity index (χ0n) is 13.8. The molecule has 1 aliphatic rings. The molecule has 1 unspecified atom stereocenters. The average molecular weight is 324 g/mol. The van der Waals surface area contributed by atoms with Gasteiger partial charge in [-0.3, -0.25) is 9.59 Å². The van der Waals surface area contributed by atoms with Gasteiger partial charge < -0.3 is 10.2 Å². The van der Waals surface area contributed by atoms with Crippen LogP contribution in [0.5, 0.6) is 0 Å². The number of hydrogen-bond acceptors (Lipinski definition) is 4. The third-order valence-corrected chi connectivity index (χ3v) is 4.23. The lowest BCUT2D eigenvalue weighted by Gasteiger charge is -2.22. The van der Waals surface area contributed by atoms with Crippen molar-refractivity contribution in [3.8, 4) is 0 Å². The van der Waals surface area contributed by atoms with Crippen LogP contribution < -0.4 is 5.32 Å². The predicted octanol–water partition coefficient (Wildman–Crippen LogP) is 2.72. The zero-order valence-corrected chi connectivity index (χ0v) is 13.8. The highest BCUT2D eigenvalue weighted by Gasteiger charge is 2.30. The van der Waals surface area contributed by atoms with Crippen LogP contribution in [0.25, 0.3) is 0 Å². The highest BCUT2D eigenvalue weighted by atomic mass is 16.2. The van der Waals surface area contributed by atoms with Crippen molar-refractivity contribution in [2.45, 2.75) is 32.7 Å². The zero-order chi connectivity index (χ0) is 17.1. The van der Waals surface area contributed by atoms with E-state index in [2.05, 4.69) is 15.3 Å². The van der Waals surface area contributed by atoms with Gasteiger partial charge in [0.05, 0.1) is 17.3 Å². The number of nitrogens with one attached hydrogen (secondary N) is 1. The lowest BCUT2D eigenvalue weighted by atomic mass is 10.1. The number of carbonyl (C=O) groups is 2. The maximum absolute atomic E-state index is 12.4. The number of nitrogens with zero attached hydrogens (tertiary/aromatic N) is 3. The monoisotopic (exact) mass is 324 g/mol. The second kappa shape index (κ2) is 6.78. The normalized spacial score (nSPS) is 16.9. The van der Waals surface area contributed by atoms with E-state index in [4.69, 9.17) is 0 Å². The summed E-state index contributed by atoms with van der Waals surface area (Å²) in [4.78, 5) is 34.7. The van der Waals surface area contributed by atoms with Crippen molar-refractivity contribution in [1.29, 1.82) is 0 Å². The summed E-state index contributed by atoms with van der Waals surface area (Å²) in [5, 5.41) is 2.83. The summed E-state index contributed by atoms with van der Waals surface area (Å²) >= 11 is 0. The van der Waals surface area contributed by atoms with E-state index in [-0.39, 0.29) is 17.9 Å². The molecule has 0 spiro atoms. The van der Waals surface area contributed by atoms with Crippen LogP contribution in [0.15, 0.2) is 36.5 Å². The Labute approximate surface area is 140 Å². The van der Waals surface area contributed by atoms with Crippen molar-refractivity contribution >= 4 is 17.5 Å². The van der Waals surface area contributed by atoms with Gasteiger partial charge in [-0.05, 0) is 31.9 Å². The molecule has 0 bridgehead atoms. The smallest absolute Gasteiger partial charge is 0.259 e. The van der Waals surface area contributed by atoms with Gasteiger partial charge in [-0.1, -0.05) is 18.2 Å². The summed E-state index contributed by atoms with van der Waals surface area (Å²) in [6, 6.07) is 9.17. The molecule has 6 nitrogen and oxygen atoms in total. The number of hydrogen-bond donors (Lipinski definition) is 1. The van der Waals surface area contributed by atoms with Gasteiger partial charge in [0.1, 0.15) is 0 Å². The van der Waals surface area contributed by atoms with Crippen molar-refractivity contribution in [2.75, 3.05) is 11.9 Å². The van der Waals surface area contributed by atoms with E-state index in [1.54, 1.807) is 24.9 Å². The standard InChI is InChI=1S/C18H20N4O2/c1-12-15(18(24)21-14-7-4-3-5-8-14)11-19-17(20-12)16-9-6-10-22(16)13(2)23/h3-5,7-8,11,16H,6,9-10H2,1-2H3,(H,21,24). The Hall–Kier alpha value is -2.76. The lowest BCUT2D eigenvalue weighted by Crippen LogP contribution is -2.29. The number of benzene rings is 1. The molecule has 0 radical (unpaired) electrons. The second-order valence-corrected chi connectivity index (χ2v) is 5.92. The first kappa shape index (κ1) is 16.1. The Morgan fingerprint density at radius 2 is 2.00 bits per heavy atom. The number of aryl methyl sites for hydroxylation is 1. The lowest BCUT2D eigenvalue weighted by molar-refractivity contribution is -0.129. The Morgan fingerprint density at radius 1 is 1.25 bits per heavy atom. The van der Waals surface area contributed by atoms with E-state index in [9.17, 15) is 9.59 Å². The maximum atomic E-state index is 12.4. The van der Waals surface area contributed by atoms with Crippen LogP contribution in [-0.4, -0.2) is 33.2 Å². The van der Waals surface area contributed by atoms with Gasteiger partial charge in [0, 0.05) is 25.4 Å². The Bertz CT molecular complexity index is 761. The number of amides is 2. The average Bonchev–Trinajstić information content (AvgIpc) is 3.05. The van der Waals surface area contributed by atoms with Gasteiger partial charge in [-0.2, -0.15) is 0 Å². The minimum atomic E-state index is -0.236. The molecular weight excluding hydrogens is 304 g/mol. The quantitative estimate of drug-likeness (QED) is 0.942. The number of likely N-dealkylation sites (tertiary alicyclic amines) is 1. The number of aromatic nitrogens is 2. The largest absolute Gasteiger partial charge is 0.333 e. The summed E-state index contributed by atoms with van der Waals surface area (Å²) in [5.41, 5.74) is 1.78. The van der Waals surface area contributed by atoms with Crippen molar-refractivity contribution < 1.29 is 9.59 Å². The molecule has 0 saturated carbocycles. The first-order valence-corrected chi connectivity index (χ1v) is 8.03. The number of rotatable bonds is 3. The van der Waals surface area contributed by atoms with Crippen molar-refractivity contribution in [3.63, 3.8) is 0 Å². The molecule has 24 heavy (non-hydrogen) atoms. The van der Waals surface area contributed by atoms with Crippen molar-refractivity contribution in [2.24, 2.45) is 0 Å². The van der Waals surface area contributed by atoms with Crippen molar-refractivity contribution in [3.05, 3.63) is 53.6 Å². The first-order chi connectivity index (χ1) is 11.6. The van der Waals surface area contributed by atoms with Gasteiger partial charge >= 0.3 is 0 Å². The Balaban J connectivity index is 1.80. The fraction of sp³-hybridized carbons (Fsp3) is 0.333. The highest BCUT2D eigenvalue weighted by Crippen LogP contribution is 2.30. The van der Waals surface area contributed by atoms with E-state index in [0.29, 0.717) is 17.1 Å². The predicted molar refractivity (Wildman–Crippen MR) is 90.5 cm³/mol. The fourth-order valence-electron chi connectivity index (χ4n) is 3.00. The van der Waals surface area contributed by atoms with Crippen LogP contribution in [0, 0.1) is 6.92 Å². The molecule has 1 fully saturated rings. The first-order valence-electron chi connectivity index (χ1n) is 8.03. The SMILES string of the molecule is CC(=O)N1CCCC1c1ncc(C(=O)Nc2ccccc2)c(C)n1. The number of anilines is 1. The number of para-hydroxylation sites is 1. The second-order valence-electron chi connectivity index (χ2n) is 5.92. The molecule has 1 atom stereocenters. The summed E-state index contributed by atoms with van der Waals surface area (Å²) in [6.45, 7) is 4.09. The minimum absolute atomic E-state index is 0.0321. The molecule has 1 aromatic heterocycles. The molecule has 1 aromatic carbocycles. The molecule has 3 rings (SSSR count).